The molecule has 164 valence electrons. The van der Waals surface area contributed by atoms with E-state index in [1.165, 1.54) is 19.2 Å². The zero-order valence-electron chi connectivity index (χ0n) is 17.2. The number of amides is 4. The van der Waals surface area contributed by atoms with Crippen molar-refractivity contribution >= 4 is 34.3 Å². The van der Waals surface area contributed by atoms with Crippen LogP contribution in [-0.2, 0) is 15.1 Å². The van der Waals surface area contributed by atoms with Crippen molar-refractivity contribution in [2.75, 3.05) is 19.0 Å². The molecule has 10 heteroatoms. The predicted octanol–water partition coefficient (Wildman–Crippen LogP) is 3.36. The molecule has 1 atom stereocenters. The normalized spacial score (nSPS) is 17.9. The van der Waals surface area contributed by atoms with E-state index in [1.54, 1.807) is 48.7 Å². The lowest BCUT2D eigenvalue weighted by atomic mass is 9.92. The Morgan fingerprint density at radius 3 is 2.69 bits per heavy atom. The van der Waals surface area contributed by atoms with E-state index in [1.807, 2.05) is 0 Å². The average molecular weight is 454 g/mol. The molecule has 0 aliphatic carbocycles. The second-order valence-electron chi connectivity index (χ2n) is 7.27. The number of nitrogens with one attached hydrogen (secondary N) is 2. The van der Waals surface area contributed by atoms with Crippen LogP contribution in [0.5, 0.6) is 5.75 Å². The molecule has 32 heavy (non-hydrogen) atoms. The van der Waals surface area contributed by atoms with Gasteiger partial charge in [-0.25, -0.2) is 14.2 Å². The number of aromatic nitrogens is 1. The third-order valence-corrected chi connectivity index (χ3v) is 5.87. The number of anilines is 1. The van der Waals surface area contributed by atoms with Gasteiger partial charge in [0.15, 0.2) is 5.13 Å². The summed E-state index contributed by atoms with van der Waals surface area (Å²) in [5.41, 5.74) is 0.354. The molecular formula is C22H19FN4O4S. The topological polar surface area (TPSA) is 101 Å². The van der Waals surface area contributed by atoms with E-state index in [-0.39, 0.29) is 10.9 Å². The van der Waals surface area contributed by atoms with Gasteiger partial charge in [-0.15, -0.1) is 11.3 Å². The maximum Gasteiger partial charge on any atom is 0.325 e. The molecule has 0 radical (unpaired) electrons. The highest BCUT2D eigenvalue weighted by atomic mass is 32.1. The van der Waals surface area contributed by atoms with Crippen molar-refractivity contribution in [3.05, 3.63) is 65.3 Å². The maximum absolute atomic E-state index is 13.4. The standard InChI is InChI=1S/C22H19FN4O4S/c1-22(14-6-8-16(31-2)9-7-14)19(29)27(21(30)26-22)11-18(28)25-20-24-17(12-32-20)13-4-3-5-15(23)10-13/h3-10,12H,11H2,1-2H3,(H,26,30)(H,24,25,28). The number of nitrogens with zero attached hydrogens (tertiary/aromatic N) is 2. The number of rotatable bonds is 6. The number of methoxy groups -OCH3 is 1. The number of hydrogen-bond acceptors (Lipinski definition) is 6. The van der Waals surface area contributed by atoms with Crippen molar-refractivity contribution in [3.63, 3.8) is 0 Å². The molecule has 3 aromatic rings. The van der Waals surface area contributed by atoms with E-state index in [0.717, 1.165) is 16.2 Å². The fourth-order valence-electron chi connectivity index (χ4n) is 3.37. The minimum Gasteiger partial charge on any atom is -0.497 e. The summed E-state index contributed by atoms with van der Waals surface area (Å²) in [6.07, 6.45) is 0. The lowest BCUT2D eigenvalue weighted by Crippen LogP contribution is -2.42. The molecule has 0 spiro atoms. The number of urea groups is 1. The summed E-state index contributed by atoms with van der Waals surface area (Å²) in [4.78, 5) is 43.1. The second kappa shape index (κ2) is 8.39. The van der Waals surface area contributed by atoms with Crippen LogP contribution in [0.3, 0.4) is 0 Å². The highest BCUT2D eigenvalue weighted by Gasteiger charge is 2.49. The highest BCUT2D eigenvalue weighted by Crippen LogP contribution is 2.30. The fraction of sp³-hybridized carbons (Fsp3) is 0.182. The number of benzene rings is 2. The highest BCUT2D eigenvalue weighted by molar-refractivity contribution is 7.14. The quantitative estimate of drug-likeness (QED) is 0.557. The summed E-state index contributed by atoms with van der Waals surface area (Å²) in [5, 5.41) is 7.19. The Morgan fingerprint density at radius 2 is 2.00 bits per heavy atom. The van der Waals surface area contributed by atoms with Crippen LogP contribution in [-0.4, -0.2) is 41.4 Å². The molecule has 4 rings (SSSR count). The molecule has 0 bridgehead atoms. The number of carbonyl (C=O) groups is 3. The van der Waals surface area contributed by atoms with Crippen LogP contribution >= 0.6 is 11.3 Å². The third-order valence-electron chi connectivity index (χ3n) is 5.11. The molecule has 2 aromatic carbocycles. The first-order valence-electron chi connectivity index (χ1n) is 9.60. The Labute approximate surface area is 187 Å². The summed E-state index contributed by atoms with van der Waals surface area (Å²) >= 11 is 1.16. The molecule has 1 fully saturated rings. The van der Waals surface area contributed by atoms with Gasteiger partial charge in [0.1, 0.15) is 23.7 Å². The zero-order valence-corrected chi connectivity index (χ0v) is 18.0. The number of thiazole rings is 1. The molecule has 2 heterocycles. The summed E-state index contributed by atoms with van der Waals surface area (Å²) in [5.74, 6) is -0.888. The summed E-state index contributed by atoms with van der Waals surface area (Å²) in [7, 11) is 1.53. The van der Waals surface area contributed by atoms with E-state index in [9.17, 15) is 18.8 Å². The average Bonchev–Trinajstić information content (AvgIpc) is 3.32. The van der Waals surface area contributed by atoms with Crippen LogP contribution in [0.25, 0.3) is 11.3 Å². The molecule has 1 aliphatic heterocycles. The van der Waals surface area contributed by atoms with E-state index in [0.29, 0.717) is 22.6 Å². The van der Waals surface area contributed by atoms with Crippen molar-refractivity contribution in [2.24, 2.45) is 0 Å². The van der Waals surface area contributed by atoms with Gasteiger partial charge in [0.25, 0.3) is 5.91 Å². The van der Waals surface area contributed by atoms with Gasteiger partial charge >= 0.3 is 6.03 Å². The van der Waals surface area contributed by atoms with Crippen molar-refractivity contribution in [1.82, 2.24) is 15.2 Å². The Kier molecular flexibility index (Phi) is 5.62. The second-order valence-corrected chi connectivity index (χ2v) is 8.13. The lowest BCUT2D eigenvalue weighted by Gasteiger charge is -2.22. The van der Waals surface area contributed by atoms with Crippen molar-refractivity contribution in [1.29, 1.82) is 0 Å². The number of hydrogen-bond donors (Lipinski definition) is 2. The first kappa shape index (κ1) is 21.4. The molecular weight excluding hydrogens is 435 g/mol. The van der Waals surface area contributed by atoms with Crippen LogP contribution in [0.15, 0.2) is 53.9 Å². The SMILES string of the molecule is COc1ccc(C2(C)NC(=O)N(CC(=O)Nc3nc(-c4cccc(F)c4)cs3)C2=O)cc1. The van der Waals surface area contributed by atoms with Gasteiger partial charge in [0.05, 0.1) is 12.8 Å². The van der Waals surface area contributed by atoms with Gasteiger partial charge in [-0.05, 0) is 36.8 Å². The van der Waals surface area contributed by atoms with Gasteiger partial charge in [-0.1, -0.05) is 24.3 Å². The van der Waals surface area contributed by atoms with Crippen LogP contribution in [0, 0.1) is 5.82 Å². The summed E-state index contributed by atoms with van der Waals surface area (Å²) in [6, 6.07) is 12.0. The Hall–Kier alpha value is -3.79. The zero-order chi connectivity index (χ0) is 22.9. The van der Waals surface area contributed by atoms with Gasteiger partial charge in [-0.2, -0.15) is 0 Å². The van der Waals surface area contributed by atoms with E-state index < -0.39 is 29.9 Å². The molecule has 1 saturated heterocycles. The van der Waals surface area contributed by atoms with Crippen LogP contribution < -0.4 is 15.4 Å². The Morgan fingerprint density at radius 1 is 1.25 bits per heavy atom. The van der Waals surface area contributed by atoms with Crippen molar-refractivity contribution in [2.45, 2.75) is 12.5 Å². The maximum atomic E-state index is 13.4. The van der Waals surface area contributed by atoms with Gasteiger partial charge < -0.3 is 15.4 Å². The lowest BCUT2D eigenvalue weighted by molar-refractivity contribution is -0.133. The molecule has 0 saturated carbocycles. The monoisotopic (exact) mass is 454 g/mol. The van der Waals surface area contributed by atoms with E-state index >= 15 is 0 Å². The third kappa shape index (κ3) is 4.04. The molecule has 1 unspecified atom stereocenters. The summed E-state index contributed by atoms with van der Waals surface area (Å²) < 4.78 is 18.5. The smallest absolute Gasteiger partial charge is 0.325 e. The van der Waals surface area contributed by atoms with E-state index in [4.69, 9.17) is 4.74 Å². The van der Waals surface area contributed by atoms with Gasteiger partial charge in [0, 0.05) is 10.9 Å². The molecule has 1 aromatic heterocycles. The predicted molar refractivity (Wildman–Crippen MR) is 117 cm³/mol. The molecule has 8 nitrogen and oxygen atoms in total. The van der Waals surface area contributed by atoms with E-state index in [2.05, 4.69) is 15.6 Å². The largest absolute Gasteiger partial charge is 0.497 e. The van der Waals surface area contributed by atoms with Gasteiger partial charge in [-0.3, -0.25) is 14.5 Å². The van der Waals surface area contributed by atoms with Crippen LogP contribution in [0.2, 0.25) is 0 Å². The van der Waals surface area contributed by atoms with Crippen LogP contribution in [0.4, 0.5) is 14.3 Å². The minimum absolute atomic E-state index is 0.277. The fourth-order valence-corrected chi connectivity index (χ4v) is 4.11. The Bertz CT molecular complexity index is 1200. The minimum atomic E-state index is -1.30. The van der Waals surface area contributed by atoms with Crippen molar-refractivity contribution < 1.29 is 23.5 Å². The van der Waals surface area contributed by atoms with Crippen LogP contribution in [0.1, 0.15) is 12.5 Å². The first-order chi connectivity index (χ1) is 15.3. The van der Waals surface area contributed by atoms with Gasteiger partial charge in [0.2, 0.25) is 5.91 Å². The molecule has 1 aliphatic rings. The first-order valence-corrected chi connectivity index (χ1v) is 10.5. The number of carbonyl (C=O) groups excluding carboxylic acids is 3. The number of ether oxygens (including phenoxy) is 1. The Balaban J connectivity index is 1.44. The molecule has 2 N–H and O–H groups in total. The number of imide groups is 1. The molecule has 4 amide bonds. The van der Waals surface area contributed by atoms with Crippen molar-refractivity contribution in [3.8, 4) is 17.0 Å². The number of halogens is 1. The summed E-state index contributed by atoms with van der Waals surface area (Å²) in [6.45, 7) is 1.12.